The Balaban J connectivity index is 1.36. The molecule has 4 aromatic rings. The molecular formula is C22H23FN8O. The van der Waals surface area contributed by atoms with Crippen LogP contribution in [0.4, 0.5) is 4.39 Å². The second-order valence-corrected chi connectivity index (χ2v) is 8.12. The number of benzene rings is 1. The molecule has 5 rings (SSSR count). The number of amides is 1. The molecule has 1 fully saturated rings. The van der Waals surface area contributed by atoms with Crippen LogP contribution in [-0.2, 0) is 13.6 Å². The van der Waals surface area contributed by atoms with Crippen molar-refractivity contribution in [1.29, 1.82) is 0 Å². The summed E-state index contributed by atoms with van der Waals surface area (Å²) in [5.41, 5.74) is 3.34. The van der Waals surface area contributed by atoms with Crippen molar-refractivity contribution in [3.8, 4) is 11.1 Å². The third-order valence-corrected chi connectivity index (χ3v) is 5.81. The number of carbonyl (C=O) groups excluding carboxylic acids is 1. The van der Waals surface area contributed by atoms with Crippen LogP contribution in [0.15, 0.2) is 36.9 Å². The summed E-state index contributed by atoms with van der Waals surface area (Å²) in [6.45, 7) is 1.16. The molecule has 1 amide bonds. The predicted molar refractivity (Wildman–Crippen MR) is 116 cm³/mol. The van der Waals surface area contributed by atoms with Crippen LogP contribution in [0.1, 0.15) is 40.8 Å². The number of aryl methyl sites for hydroxylation is 1. The van der Waals surface area contributed by atoms with Gasteiger partial charge >= 0.3 is 0 Å². The Labute approximate surface area is 183 Å². The van der Waals surface area contributed by atoms with Gasteiger partial charge < -0.3 is 10.3 Å². The summed E-state index contributed by atoms with van der Waals surface area (Å²) in [6.07, 6.45) is 6.93. The predicted octanol–water partition coefficient (Wildman–Crippen LogP) is 2.59. The lowest BCUT2D eigenvalue weighted by Crippen LogP contribution is -2.24. The van der Waals surface area contributed by atoms with Gasteiger partial charge in [-0.1, -0.05) is 0 Å². The Bertz CT molecular complexity index is 1300. The molecule has 2 N–H and O–H groups in total. The van der Waals surface area contributed by atoms with Gasteiger partial charge in [-0.15, -0.1) is 0 Å². The molecule has 10 heteroatoms. The zero-order chi connectivity index (χ0) is 22.2. The Hall–Kier alpha value is -3.66. The average molecular weight is 434 g/mol. The highest BCUT2D eigenvalue weighted by atomic mass is 19.1. The van der Waals surface area contributed by atoms with Gasteiger partial charge in [0.25, 0.3) is 5.91 Å². The average Bonchev–Trinajstić information content (AvgIpc) is 3.50. The van der Waals surface area contributed by atoms with Crippen molar-refractivity contribution in [3.63, 3.8) is 0 Å². The molecule has 0 spiro atoms. The maximum absolute atomic E-state index is 14.2. The standard InChI is InChI=1S/C22H23FN8O/c1-30-5-3-4-17(30)20-28-18-19(25-12-26-21(18)29-20)22(32)24-9-13-6-14(8-16(23)7-13)15-10-27-31(2)11-15/h6-8,10-12,17H,3-5,9H2,1-2H3,(H,24,32)(H,25,26,28,29)/t17-/m0/s1. The number of aromatic amines is 1. The molecule has 164 valence electrons. The summed E-state index contributed by atoms with van der Waals surface area (Å²) >= 11 is 0. The van der Waals surface area contributed by atoms with E-state index in [4.69, 9.17) is 0 Å². The van der Waals surface area contributed by atoms with Crippen molar-refractivity contribution in [2.75, 3.05) is 13.6 Å². The number of imidazole rings is 1. The van der Waals surface area contributed by atoms with E-state index in [2.05, 4.69) is 42.3 Å². The number of nitrogens with zero attached hydrogens (tertiary/aromatic N) is 6. The Morgan fingerprint density at radius 2 is 2.12 bits per heavy atom. The SMILES string of the molecule is CN1CCC[C@H]1c1nc2ncnc(C(=O)NCc3cc(F)cc(-c4cnn(C)c4)c3)c2[nH]1. The van der Waals surface area contributed by atoms with E-state index in [1.54, 1.807) is 17.9 Å². The van der Waals surface area contributed by atoms with E-state index in [1.807, 2.05) is 12.3 Å². The van der Waals surface area contributed by atoms with Crippen LogP contribution in [0.25, 0.3) is 22.3 Å². The number of rotatable bonds is 5. The minimum atomic E-state index is -0.376. The van der Waals surface area contributed by atoms with Crippen LogP contribution in [0, 0.1) is 5.82 Å². The minimum absolute atomic E-state index is 0.154. The van der Waals surface area contributed by atoms with Gasteiger partial charge in [0.1, 0.15) is 23.5 Å². The number of halogens is 1. The molecule has 1 aliphatic heterocycles. The molecule has 1 atom stereocenters. The molecule has 0 aliphatic carbocycles. The third-order valence-electron chi connectivity index (χ3n) is 5.81. The maximum atomic E-state index is 14.2. The fourth-order valence-corrected chi connectivity index (χ4v) is 4.19. The zero-order valence-corrected chi connectivity index (χ0v) is 17.8. The molecule has 1 saturated heterocycles. The summed E-state index contributed by atoms with van der Waals surface area (Å²) in [4.78, 5) is 31.3. The van der Waals surface area contributed by atoms with Crippen molar-refractivity contribution >= 4 is 17.1 Å². The van der Waals surface area contributed by atoms with Gasteiger partial charge in [0, 0.05) is 25.4 Å². The Kier molecular flexibility index (Phi) is 5.14. The van der Waals surface area contributed by atoms with Gasteiger partial charge in [0.2, 0.25) is 0 Å². The molecule has 1 aliphatic rings. The van der Waals surface area contributed by atoms with Crippen molar-refractivity contribution in [2.24, 2.45) is 7.05 Å². The lowest BCUT2D eigenvalue weighted by atomic mass is 10.1. The highest BCUT2D eigenvalue weighted by Gasteiger charge is 2.27. The van der Waals surface area contributed by atoms with Crippen LogP contribution in [0.5, 0.6) is 0 Å². The van der Waals surface area contributed by atoms with Crippen LogP contribution in [0.2, 0.25) is 0 Å². The Morgan fingerprint density at radius 1 is 1.25 bits per heavy atom. The van der Waals surface area contributed by atoms with E-state index in [0.29, 0.717) is 22.3 Å². The van der Waals surface area contributed by atoms with Crippen molar-refractivity contribution < 1.29 is 9.18 Å². The third kappa shape index (κ3) is 3.84. The number of hydrogen-bond donors (Lipinski definition) is 2. The lowest BCUT2D eigenvalue weighted by molar-refractivity contribution is 0.0947. The zero-order valence-electron chi connectivity index (χ0n) is 17.8. The second kappa shape index (κ2) is 8.12. The fraction of sp³-hybridized carbons (Fsp3) is 0.318. The van der Waals surface area contributed by atoms with E-state index < -0.39 is 0 Å². The van der Waals surface area contributed by atoms with Gasteiger partial charge in [-0.2, -0.15) is 5.10 Å². The molecular weight excluding hydrogens is 411 g/mol. The van der Waals surface area contributed by atoms with Gasteiger partial charge in [0.05, 0.1) is 12.2 Å². The van der Waals surface area contributed by atoms with E-state index in [9.17, 15) is 9.18 Å². The van der Waals surface area contributed by atoms with Gasteiger partial charge in [-0.05, 0) is 55.8 Å². The Morgan fingerprint density at radius 3 is 2.88 bits per heavy atom. The molecule has 3 aromatic heterocycles. The van der Waals surface area contributed by atoms with Gasteiger partial charge in [0.15, 0.2) is 11.3 Å². The second-order valence-electron chi connectivity index (χ2n) is 8.12. The van der Waals surface area contributed by atoms with E-state index in [-0.39, 0.29) is 30.0 Å². The highest BCUT2D eigenvalue weighted by Crippen LogP contribution is 2.29. The van der Waals surface area contributed by atoms with Gasteiger partial charge in [-0.25, -0.2) is 19.3 Å². The van der Waals surface area contributed by atoms with Crippen LogP contribution < -0.4 is 5.32 Å². The first-order valence-electron chi connectivity index (χ1n) is 10.5. The summed E-state index contributed by atoms with van der Waals surface area (Å²) in [6, 6.07) is 4.86. The summed E-state index contributed by atoms with van der Waals surface area (Å²) in [5.74, 6) is 0.0410. The van der Waals surface area contributed by atoms with Crippen LogP contribution >= 0.6 is 0 Å². The van der Waals surface area contributed by atoms with Crippen LogP contribution in [-0.4, -0.2) is 54.1 Å². The molecule has 4 heterocycles. The van der Waals surface area contributed by atoms with E-state index in [1.165, 1.54) is 18.5 Å². The first kappa shape index (κ1) is 20.3. The quantitative estimate of drug-likeness (QED) is 0.500. The normalized spacial score (nSPS) is 16.7. The largest absolute Gasteiger partial charge is 0.347 e. The monoisotopic (exact) mass is 434 g/mol. The number of nitrogens with one attached hydrogen (secondary N) is 2. The fourth-order valence-electron chi connectivity index (χ4n) is 4.19. The molecule has 0 saturated carbocycles. The van der Waals surface area contributed by atoms with Crippen molar-refractivity contribution in [3.05, 3.63) is 59.8 Å². The molecule has 1 aromatic carbocycles. The number of carbonyl (C=O) groups is 1. The van der Waals surface area contributed by atoms with E-state index >= 15 is 0 Å². The number of likely N-dealkylation sites (tertiary alicyclic amines) is 1. The number of H-pyrrole nitrogens is 1. The van der Waals surface area contributed by atoms with Crippen molar-refractivity contribution in [1.82, 2.24) is 39.9 Å². The summed E-state index contributed by atoms with van der Waals surface area (Å²) < 4.78 is 15.8. The summed E-state index contributed by atoms with van der Waals surface area (Å²) in [5, 5.41) is 6.96. The lowest BCUT2D eigenvalue weighted by Gasteiger charge is -2.16. The molecule has 9 nitrogen and oxygen atoms in total. The first-order chi connectivity index (χ1) is 15.5. The molecule has 0 unspecified atom stereocenters. The number of hydrogen-bond acceptors (Lipinski definition) is 6. The summed E-state index contributed by atoms with van der Waals surface area (Å²) in [7, 11) is 3.86. The number of aromatic nitrogens is 6. The highest BCUT2D eigenvalue weighted by molar-refractivity contribution is 6.02. The van der Waals surface area contributed by atoms with Crippen molar-refractivity contribution in [2.45, 2.75) is 25.4 Å². The van der Waals surface area contributed by atoms with Gasteiger partial charge in [-0.3, -0.25) is 14.4 Å². The van der Waals surface area contributed by atoms with E-state index in [0.717, 1.165) is 30.8 Å². The maximum Gasteiger partial charge on any atom is 0.272 e. The van der Waals surface area contributed by atoms with Crippen LogP contribution in [0.3, 0.4) is 0 Å². The smallest absolute Gasteiger partial charge is 0.272 e. The first-order valence-corrected chi connectivity index (χ1v) is 10.5. The number of fused-ring (bicyclic) bond motifs is 1. The minimum Gasteiger partial charge on any atom is -0.347 e. The topological polar surface area (TPSA) is 105 Å². The molecule has 32 heavy (non-hydrogen) atoms. The molecule has 0 bridgehead atoms. The molecule has 0 radical (unpaired) electrons.